The number of ether oxygens (including phenoxy) is 1. The number of hydrogen-bond acceptors (Lipinski definition) is 6. The monoisotopic (exact) mass is 447 g/mol. The fourth-order valence-corrected chi connectivity index (χ4v) is 5.75. The summed E-state index contributed by atoms with van der Waals surface area (Å²) < 4.78 is 34.3. The van der Waals surface area contributed by atoms with Gasteiger partial charge in [-0.15, -0.1) is 0 Å². The first-order valence-electron chi connectivity index (χ1n) is 10.4. The molecule has 31 heavy (non-hydrogen) atoms. The maximum Gasteiger partial charge on any atom is 0.271 e. The van der Waals surface area contributed by atoms with Gasteiger partial charge in [-0.25, -0.2) is 8.42 Å². The normalized spacial score (nSPS) is 17.3. The number of nitrogens with zero attached hydrogens (tertiary/aromatic N) is 3. The Bertz CT molecular complexity index is 1050. The number of aryl methyl sites for hydroxylation is 2. The second kappa shape index (κ2) is 9.33. The molecule has 0 N–H and O–H groups in total. The molecule has 0 aliphatic carbocycles. The largest absolute Gasteiger partial charge is 0.456 e. The van der Waals surface area contributed by atoms with Crippen LogP contribution in [-0.4, -0.2) is 54.8 Å². The van der Waals surface area contributed by atoms with E-state index in [4.69, 9.17) is 4.74 Å². The summed E-state index contributed by atoms with van der Waals surface area (Å²) in [6, 6.07) is 9.44. The number of hydrogen-bond donors (Lipinski definition) is 0. The predicted octanol–water partition coefficient (Wildman–Crippen LogP) is 4.11. The summed E-state index contributed by atoms with van der Waals surface area (Å²) in [6.45, 7) is 10.4. The van der Waals surface area contributed by atoms with Gasteiger partial charge in [0.1, 0.15) is 16.4 Å². The van der Waals surface area contributed by atoms with Crippen LogP contribution in [0.2, 0.25) is 0 Å². The van der Waals surface area contributed by atoms with Gasteiger partial charge in [0.25, 0.3) is 5.69 Å². The van der Waals surface area contributed by atoms with E-state index in [1.54, 1.807) is 12.1 Å². The third-order valence-electron chi connectivity index (χ3n) is 5.63. The molecule has 1 atom stereocenters. The van der Waals surface area contributed by atoms with E-state index >= 15 is 0 Å². The highest BCUT2D eigenvalue weighted by atomic mass is 32.2. The van der Waals surface area contributed by atoms with Gasteiger partial charge >= 0.3 is 0 Å². The van der Waals surface area contributed by atoms with Crippen LogP contribution >= 0.6 is 0 Å². The summed E-state index contributed by atoms with van der Waals surface area (Å²) in [7, 11) is -3.97. The molecule has 1 fully saturated rings. The second-order valence-corrected chi connectivity index (χ2v) is 9.75. The Balaban J connectivity index is 1.99. The Kier molecular flexibility index (Phi) is 6.98. The lowest BCUT2D eigenvalue weighted by molar-refractivity contribution is -0.385. The molecule has 1 heterocycles. The van der Waals surface area contributed by atoms with Crippen molar-refractivity contribution in [2.45, 2.75) is 45.1 Å². The summed E-state index contributed by atoms with van der Waals surface area (Å²) in [6.07, 6.45) is 0.725. The van der Waals surface area contributed by atoms with Crippen LogP contribution in [0.1, 0.15) is 31.4 Å². The van der Waals surface area contributed by atoms with Crippen LogP contribution in [0.15, 0.2) is 41.3 Å². The van der Waals surface area contributed by atoms with Crippen LogP contribution in [-0.2, 0) is 10.0 Å². The zero-order valence-electron chi connectivity index (χ0n) is 18.4. The molecule has 0 bridgehead atoms. The number of nitro groups is 1. The first-order chi connectivity index (χ1) is 14.6. The molecular formula is C22H29N3O5S. The molecule has 0 aromatic heterocycles. The minimum absolute atomic E-state index is 0.0851. The van der Waals surface area contributed by atoms with Gasteiger partial charge in [0.2, 0.25) is 10.0 Å². The van der Waals surface area contributed by atoms with Gasteiger partial charge in [0.15, 0.2) is 0 Å². The first-order valence-corrected chi connectivity index (χ1v) is 11.9. The van der Waals surface area contributed by atoms with Crippen molar-refractivity contribution in [3.05, 3.63) is 57.6 Å². The number of likely N-dealkylation sites (N-methyl/N-ethyl adjacent to an activating group) is 1. The molecule has 3 rings (SSSR count). The van der Waals surface area contributed by atoms with Crippen molar-refractivity contribution in [1.82, 2.24) is 9.21 Å². The van der Waals surface area contributed by atoms with E-state index < -0.39 is 14.9 Å². The molecule has 1 aliphatic rings. The van der Waals surface area contributed by atoms with Crippen molar-refractivity contribution >= 4 is 15.7 Å². The standard InChI is InChI=1S/C22H29N3O5S/c1-5-23(6-2)19-9-10-24(15-19)31(28,29)22-14-18(25(26)27)7-8-21(22)30-20-12-16(3)11-17(4)13-20/h7-8,11-14,19H,5-6,9-10,15H2,1-4H3. The second-order valence-electron chi connectivity index (χ2n) is 7.84. The fraction of sp³-hybridized carbons (Fsp3) is 0.455. The maximum absolute atomic E-state index is 13.5. The van der Waals surface area contributed by atoms with Gasteiger partial charge in [-0.1, -0.05) is 19.9 Å². The van der Waals surface area contributed by atoms with Gasteiger partial charge < -0.3 is 4.74 Å². The van der Waals surface area contributed by atoms with E-state index in [-0.39, 0.29) is 22.4 Å². The molecule has 2 aromatic carbocycles. The van der Waals surface area contributed by atoms with E-state index in [0.717, 1.165) is 36.7 Å². The average Bonchev–Trinajstić information content (AvgIpc) is 3.19. The number of rotatable bonds is 8. The van der Waals surface area contributed by atoms with Gasteiger partial charge in [-0.2, -0.15) is 4.31 Å². The smallest absolute Gasteiger partial charge is 0.271 e. The molecule has 0 amide bonds. The zero-order valence-corrected chi connectivity index (χ0v) is 19.2. The maximum atomic E-state index is 13.5. The zero-order chi connectivity index (χ0) is 22.8. The molecule has 1 aliphatic heterocycles. The summed E-state index contributed by atoms with van der Waals surface area (Å²) in [5.41, 5.74) is 1.66. The number of benzene rings is 2. The number of nitro benzene ring substituents is 1. The Morgan fingerprint density at radius 3 is 2.35 bits per heavy atom. The van der Waals surface area contributed by atoms with Crippen LogP contribution in [0.25, 0.3) is 0 Å². The van der Waals surface area contributed by atoms with Gasteiger partial charge in [-0.3, -0.25) is 15.0 Å². The van der Waals surface area contributed by atoms with E-state index in [1.807, 2.05) is 19.9 Å². The van der Waals surface area contributed by atoms with Crippen LogP contribution < -0.4 is 4.74 Å². The van der Waals surface area contributed by atoms with Gasteiger partial charge in [0.05, 0.1) is 4.92 Å². The lowest BCUT2D eigenvalue weighted by Crippen LogP contribution is -2.38. The minimum Gasteiger partial charge on any atom is -0.456 e. The van der Waals surface area contributed by atoms with Gasteiger partial charge in [0, 0.05) is 31.3 Å². The Morgan fingerprint density at radius 2 is 1.77 bits per heavy atom. The Morgan fingerprint density at radius 1 is 1.13 bits per heavy atom. The topological polar surface area (TPSA) is 93.0 Å². The third-order valence-corrected chi connectivity index (χ3v) is 7.52. The lowest BCUT2D eigenvalue weighted by Gasteiger charge is -2.26. The summed E-state index contributed by atoms with van der Waals surface area (Å²) in [5, 5.41) is 11.3. The first kappa shape index (κ1) is 23.2. The van der Waals surface area contributed by atoms with E-state index in [1.165, 1.54) is 16.4 Å². The quantitative estimate of drug-likeness (QED) is 0.447. The number of sulfonamides is 1. The van der Waals surface area contributed by atoms with E-state index in [9.17, 15) is 18.5 Å². The van der Waals surface area contributed by atoms with Crippen molar-refractivity contribution < 1.29 is 18.1 Å². The summed E-state index contributed by atoms with van der Waals surface area (Å²) in [4.78, 5) is 12.8. The van der Waals surface area contributed by atoms with Crippen molar-refractivity contribution in [1.29, 1.82) is 0 Å². The Labute approximate surface area is 183 Å². The van der Waals surface area contributed by atoms with Crippen LogP contribution in [0.3, 0.4) is 0 Å². The predicted molar refractivity (Wildman–Crippen MR) is 119 cm³/mol. The molecule has 1 saturated heterocycles. The third kappa shape index (κ3) is 5.06. The SMILES string of the molecule is CCN(CC)C1CCN(S(=O)(=O)c2cc([N+](=O)[O-])ccc2Oc2cc(C)cc(C)c2)C1. The molecule has 9 heteroatoms. The van der Waals surface area contributed by atoms with Crippen molar-refractivity contribution in [3.63, 3.8) is 0 Å². The minimum atomic E-state index is -3.97. The highest BCUT2D eigenvalue weighted by molar-refractivity contribution is 7.89. The highest BCUT2D eigenvalue weighted by Crippen LogP contribution is 2.35. The lowest BCUT2D eigenvalue weighted by atomic mass is 10.1. The van der Waals surface area contributed by atoms with E-state index in [0.29, 0.717) is 18.8 Å². The van der Waals surface area contributed by atoms with Crippen molar-refractivity contribution in [3.8, 4) is 11.5 Å². The number of non-ortho nitro benzene ring substituents is 1. The molecule has 2 aromatic rings. The highest BCUT2D eigenvalue weighted by Gasteiger charge is 2.37. The summed E-state index contributed by atoms with van der Waals surface area (Å²) >= 11 is 0. The molecule has 0 spiro atoms. The molecular weight excluding hydrogens is 418 g/mol. The van der Waals surface area contributed by atoms with Crippen LogP contribution in [0, 0.1) is 24.0 Å². The van der Waals surface area contributed by atoms with Crippen LogP contribution in [0.5, 0.6) is 11.5 Å². The summed E-state index contributed by atoms with van der Waals surface area (Å²) in [5.74, 6) is 0.576. The molecule has 0 radical (unpaired) electrons. The van der Waals surface area contributed by atoms with Crippen molar-refractivity contribution in [2.75, 3.05) is 26.2 Å². The van der Waals surface area contributed by atoms with Crippen molar-refractivity contribution in [2.24, 2.45) is 0 Å². The molecule has 0 saturated carbocycles. The fourth-order valence-electron chi connectivity index (χ4n) is 4.12. The van der Waals surface area contributed by atoms with Gasteiger partial charge in [-0.05, 0) is 62.7 Å². The van der Waals surface area contributed by atoms with Crippen LogP contribution in [0.4, 0.5) is 5.69 Å². The molecule has 8 nitrogen and oxygen atoms in total. The Hall–Kier alpha value is -2.49. The average molecular weight is 448 g/mol. The van der Waals surface area contributed by atoms with E-state index in [2.05, 4.69) is 18.7 Å². The molecule has 1 unspecified atom stereocenters. The molecule has 168 valence electrons.